The van der Waals surface area contributed by atoms with E-state index in [1.54, 1.807) is 0 Å². The van der Waals surface area contributed by atoms with E-state index in [1.165, 1.54) is 64.3 Å². The van der Waals surface area contributed by atoms with E-state index < -0.39 is 0 Å². The number of anilines is 3. The number of aromatic nitrogens is 1. The second-order valence-electron chi connectivity index (χ2n) is 16.1. The van der Waals surface area contributed by atoms with Gasteiger partial charge in [0, 0.05) is 59.0 Å². The average Bonchev–Trinajstić information content (AvgIpc) is 3.91. The maximum Gasteiger partial charge on any atom is 0.0562 e. The molecule has 2 nitrogen and oxygen atoms in total. The molecular weight excluding hydrogens is 781 g/mol. The number of hydrogen-bond donors (Lipinski definition) is 0. The van der Waals surface area contributed by atoms with Crippen molar-refractivity contribution in [2.45, 2.75) is 0 Å². The van der Waals surface area contributed by atoms with Crippen molar-refractivity contribution in [3.63, 3.8) is 0 Å². The first-order chi connectivity index (χ1) is 31.3. The van der Waals surface area contributed by atoms with E-state index in [4.69, 9.17) is 0 Å². The minimum Gasteiger partial charge on any atom is -0.310 e. The van der Waals surface area contributed by atoms with Crippen LogP contribution in [0.15, 0.2) is 243 Å². The molecule has 0 spiro atoms. The first-order valence-corrected chi connectivity index (χ1v) is 22.3. The molecule has 10 aromatic carbocycles. The van der Waals surface area contributed by atoms with E-state index in [2.05, 4.69) is 252 Å². The van der Waals surface area contributed by atoms with Crippen LogP contribution in [0.5, 0.6) is 0 Å². The fourth-order valence-corrected chi connectivity index (χ4v) is 10.7. The normalized spacial score (nSPS) is 11.5. The van der Waals surface area contributed by atoms with Gasteiger partial charge in [-0.15, -0.1) is 11.3 Å². The number of fused-ring (bicyclic) bond motifs is 6. The lowest BCUT2D eigenvalue weighted by molar-refractivity contribution is 1.18. The lowest BCUT2D eigenvalue weighted by Gasteiger charge is -2.29. The largest absolute Gasteiger partial charge is 0.310 e. The molecule has 296 valence electrons. The average molecular weight is 821 g/mol. The first kappa shape index (κ1) is 36.8. The van der Waals surface area contributed by atoms with Gasteiger partial charge >= 0.3 is 0 Å². The molecule has 0 aliphatic rings. The minimum absolute atomic E-state index is 1.07. The predicted molar refractivity (Wildman–Crippen MR) is 270 cm³/mol. The Bertz CT molecular complexity index is 3600. The number of benzene rings is 10. The fraction of sp³-hybridized carbons (Fsp3) is 0. The van der Waals surface area contributed by atoms with Crippen molar-refractivity contribution in [1.29, 1.82) is 0 Å². The molecule has 12 rings (SSSR count). The molecule has 0 unspecified atom stereocenters. The van der Waals surface area contributed by atoms with Crippen LogP contribution in [-0.4, -0.2) is 4.57 Å². The number of nitrogens with zero attached hydrogens (tertiary/aromatic N) is 2. The SMILES string of the molecule is c1ccc(-c2ccc(N(c3ccc4c5ccccc5n(-c5ccccc5-c5cccc6c5sc5ccccc56)c4c3)c3cc(-c4ccccc4)ccc3-c3ccccc3)cc2)cc1. The molecule has 0 atom stereocenters. The Labute approximate surface area is 370 Å². The van der Waals surface area contributed by atoms with Crippen LogP contribution in [0.25, 0.3) is 92.2 Å². The molecule has 0 saturated heterocycles. The Hall–Kier alpha value is -7.98. The Balaban J connectivity index is 1.12. The zero-order valence-electron chi connectivity index (χ0n) is 34.4. The Morgan fingerprint density at radius 2 is 0.873 bits per heavy atom. The molecular formula is C60H40N2S. The van der Waals surface area contributed by atoms with Crippen molar-refractivity contribution in [2.75, 3.05) is 4.90 Å². The van der Waals surface area contributed by atoms with Crippen molar-refractivity contribution < 1.29 is 0 Å². The quantitative estimate of drug-likeness (QED) is 0.148. The van der Waals surface area contributed by atoms with Crippen LogP contribution in [0.3, 0.4) is 0 Å². The van der Waals surface area contributed by atoms with Gasteiger partial charge in [-0.3, -0.25) is 0 Å². The summed E-state index contributed by atoms with van der Waals surface area (Å²) in [5.74, 6) is 0. The van der Waals surface area contributed by atoms with E-state index in [9.17, 15) is 0 Å². The monoisotopic (exact) mass is 820 g/mol. The standard InChI is InChI=1S/C60H40N2S/c1-4-17-41(18-5-1)43-31-34-46(35-32-43)61(57-39-45(42-19-6-2-7-20-42)33-37-48(57)44-21-8-3-9-22-44)47-36-38-51-49-23-10-13-28-55(49)62(58(51)40-47)56-29-14-11-24-50(56)53-26-16-27-54-52-25-12-15-30-59(52)63-60(53)54/h1-40H. The van der Waals surface area contributed by atoms with Crippen LogP contribution in [0, 0.1) is 0 Å². The Morgan fingerprint density at radius 3 is 1.65 bits per heavy atom. The van der Waals surface area contributed by atoms with Crippen LogP contribution >= 0.6 is 11.3 Å². The summed E-state index contributed by atoms with van der Waals surface area (Å²) >= 11 is 1.88. The highest BCUT2D eigenvalue weighted by molar-refractivity contribution is 7.26. The van der Waals surface area contributed by atoms with Crippen LogP contribution < -0.4 is 4.90 Å². The second kappa shape index (κ2) is 15.5. The topological polar surface area (TPSA) is 8.17 Å². The number of para-hydroxylation sites is 2. The third-order valence-electron chi connectivity index (χ3n) is 12.4. The summed E-state index contributed by atoms with van der Waals surface area (Å²) < 4.78 is 5.11. The van der Waals surface area contributed by atoms with Gasteiger partial charge in [-0.05, 0) is 76.3 Å². The van der Waals surface area contributed by atoms with Gasteiger partial charge in [0.1, 0.15) is 0 Å². The maximum absolute atomic E-state index is 2.49. The van der Waals surface area contributed by atoms with E-state index in [1.807, 2.05) is 11.3 Å². The van der Waals surface area contributed by atoms with E-state index in [0.717, 1.165) is 45.0 Å². The molecule has 12 aromatic rings. The zero-order chi connectivity index (χ0) is 41.7. The third-order valence-corrected chi connectivity index (χ3v) is 13.6. The number of hydrogen-bond acceptors (Lipinski definition) is 2. The highest BCUT2D eigenvalue weighted by Gasteiger charge is 2.23. The molecule has 2 heterocycles. The van der Waals surface area contributed by atoms with Gasteiger partial charge in [0.2, 0.25) is 0 Å². The summed E-state index contributed by atoms with van der Waals surface area (Å²) in [6.45, 7) is 0. The molecule has 0 N–H and O–H groups in total. The highest BCUT2D eigenvalue weighted by Crippen LogP contribution is 2.47. The van der Waals surface area contributed by atoms with Gasteiger partial charge < -0.3 is 9.47 Å². The maximum atomic E-state index is 2.49. The van der Waals surface area contributed by atoms with Crippen LogP contribution in [0.1, 0.15) is 0 Å². The first-order valence-electron chi connectivity index (χ1n) is 21.5. The summed E-state index contributed by atoms with van der Waals surface area (Å²) in [6.07, 6.45) is 0. The van der Waals surface area contributed by atoms with Gasteiger partial charge in [-0.2, -0.15) is 0 Å². The van der Waals surface area contributed by atoms with Crippen molar-refractivity contribution in [3.8, 4) is 50.2 Å². The molecule has 63 heavy (non-hydrogen) atoms. The zero-order valence-corrected chi connectivity index (χ0v) is 35.2. The van der Waals surface area contributed by atoms with Gasteiger partial charge in [0.05, 0.1) is 22.4 Å². The molecule has 3 heteroatoms. The second-order valence-corrected chi connectivity index (χ2v) is 17.1. The molecule has 0 radical (unpaired) electrons. The molecule has 0 fully saturated rings. The van der Waals surface area contributed by atoms with Crippen LogP contribution in [0.4, 0.5) is 17.1 Å². The van der Waals surface area contributed by atoms with Gasteiger partial charge in [0.15, 0.2) is 0 Å². The third kappa shape index (κ3) is 6.41. The molecule has 0 aliphatic carbocycles. The van der Waals surface area contributed by atoms with E-state index in [0.29, 0.717) is 0 Å². The van der Waals surface area contributed by atoms with E-state index in [-0.39, 0.29) is 0 Å². The van der Waals surface area contributed by atoms with Crippen LogP contribution in [-0.2, 0) is 0 Å². The molecule has 0 amide bonds. The molecule has 0 saturated carbocycles. The fourth-order valence-electron chi connectivity index (χ4n) is 9.46. The van der Waals surface area contributed by atoms with Crippen molar-refractivity contribution >= 4 is 70.4 Å². The number of thiophene rings is 1. The molecule has 0 aliphatic heterocycles. The van der Waals surface area contributed by atoms with Gasteiger partial charge in [-0.25, -0.2) is 0 Å². The van der Waals surface area contributed by atoms with Crippen molar-refractivity contribution in [3.05, 3.63) is 243 Å². The predicted octanol–water partition coefficient (Wildman–Crippen LogP) is 17.3. The summed E-state index contributed by atoms with van der Waals surface area (Å²) in [4.78, 5) is 2.45. The van der Waals surface area contributed by atoms with Gasteiger partial charge in [0.25, 0.3) is 0 Å². The summed E-state index contributed by atoms with van der Waals surface area (Å²) in [6, 6.07) is 88.4. The highest BCUT2D eigenvalue weighted by atomic mass is 32.1. The summed E-state index contributed by atoms with van der Waals surface area (Å²) in [7, 11) is 0. The lowest BCUT2D eigenvalue weighted by atomic mass is 9.96. The summed E-state index contributed by atoms with van der Waals surface area (Å²) in [5, 5.41) is 5.04. The van der Waals surface area contributed by atoms with Crippen LogP contribution in [0.2, 0.25) is 0 Å². The molecule has 2 aromatic heterocycles. The van der Waals surface area contributed by atoms with E-state index >= 15 is 0 Å². The Morgan fingerprint density at radius 1 is 0.317 bits per heavy atom. The minimum atomic E-state index is 1.07. The smallest absolute Gasteiger partial charge is 0.0562 e. The van der Waals surface area contributed by atoms with Crippen molar-refractivity contribution in [1.82, 2.24) is 4.57 Å². The van der Waals surface area contributed by atoms with Gasteiger partial charge in [-0.1, -0.05) is 194 Å². The molecule has 0 bridgehead atoms. The summed E-state index contributed by atoms with van der Waals surface area (Å²) in [5.41, 5.74) is 16.2. The number of rotatable bonds is 8. The Kier molecular flexibility index (Phi) is 9.06. The lowest BCUT2D eigenvalue weighted by Crippen LogP contribution is -2.12. The van der Waals surface area contributed by atoms with Crippen molar-refractivity contribution in [2.24, 2.45) is 0 Å².